The summed E-state index contributed by atoms with van der Waals surface area (Å²) in [5.41, 5.74) is 0. The molecule has 2 saturated heterocycles. The molecule has 0 amide bonds. The number of rotatable bonds is 29. The molecule has 0 spiro atoms. The Balaban J connectivity index is 0.000000391. The quantitative estimate of drug-likeness (QED) is 0.0256. The molecule has 0 unspecified atom stereocenters. The van der Waals surface area contributed by atoms with E-state index < -0.39 is 0 Å². The van der Waals surface area contributed by atoms with Gasteiger partial charge in [0, 0.05) is 44.9 Å². The summed E-state index contributed by atoms with van der Waals surface area (Å²) < 4.78 is 15.4. The van der Waals surface area contributed by atoms with E-state index in [0.717, 1.165) is 25.7 Å². The summed E-state index contributed by atoms with van der Waals surface area (Å²) in [5.74, 6) is 4.02. The number of piperidine rings is 2. The van der Waals surface area contributed by atoms with E-state index in [1.165, 1.54) is 161 Å². The molecule has 8 nitrogen and oxygen atoms in total. The standard InChI is InChI=1S/C24H38O2.C22H40N2O4S2/c1-2-3-4-5-6-7-8-9-10-11-12-13-14-15-19-22-24(25)26-23-20-17-16-18-21-23;1-19(25)27-15-7-21-3-9-23(10-4-21)13-17-29-30-18-14-24-11-5-22(6-12-24)8-16-28-20(2)26/h9-10,16-18,20-21H,2-8,11-15,19,22H2,1H3;21-22H,3-18H2,1-2H3/b10-9-;. The zero-order valence-corrected chi connectivity index (χ0v) is 37.2. The van der Waals surface area contributed by atoms with Gasteiger partial charge in [-0.25, -0.2) is 0 Å². The van der Waals surface area contributed by atoms with Crippen molar-refractivity contribution in [1.29, 1.82) is 0 Å². The molecule has 2 aliphatic rings. The summed E-state index contributed by atoms with van der Waals surface area (Å²) in [6.07, 6.45) is 28.7. The number of benzene rings is 1. The molecule has 10 heteroatoms. The van der Waals surface area contributed by atoms with Gasteiger partial charge in [-0.1, -0.05) is 110 Å². The minimum atomic E-state index is -0.164. The van der Waals surface area contributed by atoms with Crippen LogP contribution in [0.25, 0.3) is 0 Å². The van der Waals surface area contributed by atoms with Crippen LogP contribution >= 0.6 is 21.6 Å². The lowest BCUT2D eigenvalue weighted by atomic mass is 9.94. The van der Waals surface area contributed by atoms with Gasteiger partial charge in [-0.2, -0.15) is 0 Å². The first-order valence-electron chi connectivity index (χ1n) is 22.2. The zero-order chi connectivity index (χ0) is 40.3. The van der Waals surface area contributed by atoms with E-state index in [4.69, 9.17) is 14.2 Å². The van der Waals surface area contributed by atoms with Gasteiger partial charge in [-0.3, -0.25) is 14.4 Å². The first-order valence-corrected chi connectivity index (χ1v) is 24.7. The van der Waals surface area contributed by atoms with Crippen molar-refractivity contribution in [3.8, 4) is 5.75 Å². The highest BCUT2D eigenvalue weighted by molar-refractivity contribution is 8.76. The molecule has 0 atom stereocenters. The average Bonchev–Trinajstić information content (AvgIpc) is 3.19. The van der Waals surface area contributed by atoms with Crippen LogP contribution in [0.5, 0.6) is 5.75 Å². The Morgan fingerprint density at radius 1 is 0.643 bits per heavy atom. The minimum absolute atomic E-state index is 0.117. The van der Waals surface area contributed by atoms with Crippen LogP contribution in [0.1, 0.15) is 149 Å². The van der Waals surface area contributed by atoms with Crippen LogP contribution in [0.15, 0.2) is 42.5 Å². The van der Waals surface area contributed by atoms with Crippen LogP contribution in [0.2, 0.25) is 0 Å². The lowest BCUT2D eigenvalue weighted by molar-refractivity contribution is -0.142. The monoisotopic (exact) mass is 819 g/mol. The topological polar surface area (TPSA) is 85.4 Å². The van der Waals surface area contributed by atoms with E-state index in [0.29, 0.717) is 37.2 Å². The van der Waals surface area contributed by atoms with Crippen molar-refractivity contribution in [3.05, 3.63) is 42.5 Å². The van der Waals surface area contributed by atoms with E-state index in [2.05, 4.69) is 28.9 Å². The van der Waals surface area contributed by atoms with Gasteiger partial charge in [0.15, 0.2) is 0 Å². The highest BCUT2D eigenvalue weighted by atomic mass is 33.1. The van der Waals surface area contributed by atoms with E-state index >= 15 is 0 Å². The molecule has 0 radical (unpaired) electrons. The number of allylic oxidation sites excluding steroid dienone is 2. The lowest BCUT2D eigenvalue weighted by Gasteiger charge is -2.32. The predicted octanol–water partition coefficient (Wildman–Crippen LogP) is 11.3. The number of hydrogen-bond donors (Lipinski definition) is 0. The molecule has 1 aromatic carbocycles. The maximum atomic E-state index is 11.7. The van der Waals surface area contributed by atoms with Crippen LogP contribution in [0, 0.1) is 11.8 Å². The molecule has 56 heavy (non-hydrogen) atoms. The summed E-state index contributed by atoms with van der Waals surface area (Å²) in [4.78, 5) is 38.5. The molecule has 2 fully saturated rings. The third kappa shape index (κ3) is 29.2. The maximum Gasteiger partial charge on any atom is 0.311 e. The Kier molecular flexibility index (Phi) is 31.3. The average molecular weight is 819 g/mol. The van der Waals surface area contributed by atoms with Crippen molar-refractivity contribution in [2.24, 2.45) is 11.8 Å². The van der Waals surface area contributed by atoms with Crippen LogP contribution in [-0.2, 0) is 23.9 Å². The molecule has 2 heterocycles. The van der Waals surface area contributed by atoms with Crippen LogP contribution < -0.4 is 4.74 Å². The molecule has 0 aromatic heterocycles. The van der Waals surface area contributed by atoms with Crippen molar-refractivity contribution in [3.63, 3.8) is 0 Å². The first kappa shape index (κ1) is 50.1. The van der Waals surface area contributed by atoms with Gasteiger partial charge < -0.3 is 24.0 Å². The molecule has 3 rings (SSSR count). The molecule has 0 N–H and O–H groups in total. The molecule has 0 bridgehead atoms. The first-order chi connectivity index (χ1) is 27.4. The molecular weight excluding hydrogens is 741 g/mol. The number of hydrogen-bond acceptors (Lipinski definition) is 10. The van der Waals surface area contributed by atoms with Gasteiger partial charge in [0.25, 0.3) is 0 Å². The lowest BCUT2D eigenvalue weighted by Crippen LogP contribution is -2.35. The van der Waals surface area contributed by atoms with Crippen molar-refractivity contribution < 1.29 is 28.6 Å². The largest absolute Gasteiger partial charge is 0.466 e. The van der Waals surface area contributed by atoms with Crippen molar-refractivity contribution in [2.45, 2.75) is 149 Å². The number of esters is 3. The number of carbonyl (C=O) groups excluding carboxylic acids is 3. The number of ether oxygens (including phenoxy) is 3. The third-order valence-corrected chi connectivity index (χ3v) is 13.1. The molecular formula is C46H78N2O6S2. The summed E-state index contributed by atoms with van der Waals surface area (Å²) in [6.45, 7) is 13.5. The Bertz CT molecular complexity index is 1100. The molecule has 0 saturated carbocycles. The normalized spacial score (nSPS) is 15.7. The number of unbranched alkanes of at least 4 members (excludes halogenated alkanes) is 11. The van der Waals surface area contributed by atoms with Gasteiger partial charge in [0.1, 0.15) is 5.75 Å². The second kappa shape index (κ2) is 35.0. The minimum Gasteiger partial charge on any atom is -0.466 e. The maximum absolute atomic E-state index is 11.7. The van der Waals surface area contributed by atoms with E-state index in [-0.39, 0.29) is 17.9 Å². The molecule has 2 aliphatic heterocycles. The van der Waals surface area contributed by atoms with Crippen LogP contribution in [0.4, 0.5) is 0 Å². The summed E-state index contributed by atoms with van der Waals surface area (Å²) >= 11 is 0. The Hall–Kier alpha value is -2.01. The zero-order valence-electron chi connectivity index (χ0n) is 35.6. The van der Waals surface area contributed by atoms with Gasteiger partial charge in [-0.15, -0.1) is 0 Å². The van der Waals surface area contributed by atoms with Crippen molar-refractivity contribution in [2.75, 3.05) is 64.0 Å². The Morgan fingerprint density at radius 3 is 1.55 bits per heavy atom. The second-order valence-electron chi connectivity index (χ2n) is 15.6. The van der Waals surface area contributed by atoms with Gasteiger partial charge in [0.2, 0.25) is 0 Å². The number of likely N-dealkylation sites (tertiary alicyclic amines) is 2. The SMILES string of the molecule is CC(=O)OCCC1CCN(CCSSCCN2CCC(CCOC(C)=O)CC2)CC1.CCCCCCCC/C=C\CCCCCCCC(=O)Oc1ccccc1. The third-order valence-electron chi connectivity index (χ3n) is 10.8. The van der Waals surface area contributed by atoms with Crippen LogP contribution in [0.3, 0.4) is 0 Å². The second-order valence-corrected chi connectivity index (χ2v) is 18.3. The van der Waals surface area contributed by atoms with E-state index in [1.807, 2.05) is 51.9 Å². The summed E-state index contributed by atoms with van der Waals surface area (Å²) in [7, 11) is 4.02. The smallest absolute Gasteiger partial charge is 0.311 e. The fourth-order valence-electron chi connectivity index (χ4n) is 7.20. The molecule has 320 valence electrons. The number of carbonyl (C=O) groups is 3. The van der Waals surface area contributed by atoms with Gasteiger partial charge >= 0.3 is 17.9 Å². The van der Waals surface area contributed by atoms with E-state index in [1.54, 1.807) is 0 Å². The van der Waals surface area contributed by atoms with E-state index in [9.17, 15) is 14.4 Å². The number of nitrogens with zero attached hydrogens (tertiary/aromatic N) is 2. The summed E-state index contributed by atoms with van der Waals surface area (Å²) in [5, 5.41) is 0. The fraction of sp³-hybridized carbons (Fsp3) is 0.761. The Morgan fingerprint density at radius 2 is 1.09 bits per heavy atom. The van der Waals surface area contributed by atoms with Crippen molar-refractivity contribution in [1.82, 2.24) is 9.80 Å². The highest BCUT2D eigenvalue weighted by Crippen LogP contribution is 2.26. The molecule has 1 aromatic rings. The predicted molar refractivity (Wildman–Crippen MR) is 237 cm³/mol. The van der Waals surface area contributed by atoms with Crippen LogP contribution in [-0.4, -0.2) is 91.7 Å². The summed E-state index contributed by atoms with van der Waals surface area (Å²) in [6, 6.07) is 9.31. The van der Waals surface area contributed by atoms with Crippen molar-refractivity contribution >= 4 is 39.5 Å². The Labute approximate surface area is 349 Å². The van der Waals surface area contributed by atoms with Gasteiger partial charge in [0.05, 0.1) is 13.2 Å². The number of para-hydroxylation sites is 1. The fourth-order valence-corrected chi connectivity index (χ4v) is 9.25. The highest BCUT2D eigenvalue weighted by Gasteiger charge is 2.20. The van der Waals surface area contributed by atoms with Gasteiger partial charge in [-0.05, 0) is 121 Å². The molecule has 0 aliphatic carbocycles.